The highest BCUT2D eigenvalue weighted by Crippen LogP contribution is 2.22. The highest BCUT2D eigenvalue weighted by atomic mass is 32.2. The zero-order valence-corrected chi connectivity index (χ0v) is 11.3. The molecule has 1 rings (SSSR count). The standard InChI is InChI=1S/C10H20N2O4S/c1-8(10(13)14)7-11(3)17(15,16)12-6-4-5-9(12)2/h8-9H,4-7H2,1-3H3,(H,13,14). The Morgan fingerprint density at radius 2 is 2.18 bits per heavy atom. The van der Waals surface area contributed by atoms with Crippen molar-refractivity contribution >= 4 is 16.2 Å². The molecule has 0 spiro atoms. The van der Waals surface area contributed by atoms with Gasteiger partial charge in [0.15, 0.2) is 0 Å². The lowest BCUT2D eigenvalue weighted by molar-refractivity contribution is -0.141. The molecule has 0 aromatic rings. The normalized spacial score (nSPS) is 24.1. The average molecular weight is 264 g/mol. The zero-order chi connectivity index (χ0) is 13.2. The molecule has 0 amide bonds. The molecule has 7 heteroatoms. The Morgan fingerprint density at radius 1 is 1.59 bits per heavy atom. The van der Waals surface area contributed by atoms with Crippen molar-refractivity contribution in [3.8, 4) is 0 Å². The van der Waals surface area contributed by atoms with Crippen molar-refractivity contribution in [2.24, 2.45) is 5.92 Å². The van der Waals surface area contributed by atoms with E-state index in [1.165, 1.54) is 18.3 Å². The van der Waals surface area contributed by atoms with Gasteiger partial charge in [-0.25, -0.2) is 0 Å². The summed E-state index contributed by atoms with van der Waals surface area (Å²) in [6, 6.07) is 0.00239. The predicted octanol–water partition coefficient (Wildman–Crippen LogP) is 0.368. The quantitative estimate of drug-likeness (QED) is 0.778. The lowest BCUT2D eigenvalue weighted by Gasteiger charge is -2.27. The van der Waals surface area contributed by atoms with Crippen LogP contribution in [0.5, 0.6) is 0 Å². The second kappa shape index (κ2) is 5.32. The van der Waals surface area contributed by atoms with E-state index in [9.17, 15) is 13.2 Å². The van der Waals surface area contributed by atoms with Crippen LogP contribution in [0.2, 0.25) is 0 Å². The Kier molecular flexibility index (Phi) is 4.51. The average Bonchev–Trinajstić information content (AvgIpc) is 2.64. The molecular weight excluding hydrogens is 244 g/mol. The van der Waals surface area contributed by atoms with Crippen LogP contribution in [0, 0.1) is 5.92 Å². The first kappa shape index (κ1) is 14.4. The van der Waals surface area contributed by atoms with Gasteiger partial charge in [0, 0.05) is 26.2 Å². The first-order valence-corrected chi connectivity index (χ1v) is 7.12. The van der Waals surface area contributed by atoms with Gasteiger partial charge in [0.2, 0.25) is 0 Å². The maximum atomic E-state index is 12.2. The molecule has 100 valence electrons. The first-order chi connectivity index (χ1) is 7.76. The van der Waals surface area contributed by atoms with E-state index in [1.807, 2.05) is 6.92 Å². The Labute approximate surface area is 102 Å². The molecule has 1 aliphatic rings. The molecule has 0 aliphatic carbocycles. The first-order valence-electron chi connectivity index (χ1n) is 5.72. The number of hydrogen-bond donors (Lipinski definition) is 1. The van der Waals surface area contributed by atoms with Crippen molar-refractivity contribution < 1.29 is 18.3 Å². The predicted molar refractivity (Wildman–Crippen MR) is 63.8 cm³/mol. The van der Waals surface area contributed by atoms with E-state index in [2.05, 4.69) is 0 Å². The number of carboxylic acid groups (broad SMARTS) is 1. The summed E-state index contributed by atoms with van der Waals surface area (Å²) in [5.74, 6) is -1.69. The summed E-state index contributed by atoms with van der Waals surface area (Å²) in [6.45, 7) is 3.90. The van der Waals surface area contributed by atoms with Crippen molar-refractivity contribution in [2.45, 2.75) is 32.7 Å². The van der Waals surface area contributed by atoms with Gasteiger partial charge >= 0.3 is 5.97 Å². The Bertz CT molecular complexity index is 382. The summed E-state index contributed by atoms with van der Waals surface area (Å²) in [5, 5.41) is 8.78. The molecule has 0 bridgehead atoms. The number of aliphatic carboxylic acids is 1. The summed E-state index contributed by atoms with van der Waals surface area (Å²) < 4.78 is 26.9. The zero-order valence-electron chi connectivity index (χ0n) is 10.5. The minimum atomic E-state index is -3.51. The molecule has 17 heavy (non-hydrogen) atoms. The number of nitrogens with zero attached hydrogens (tertiary/aromatic N) is 2. The fraction of sp³-hybridized carbons (Fsp3) is 0.900. The maximum absolute atomic E-state index is 12.2. The molecule has 2 unspecified atom stereocenters. The fourth-order valence-corrected chi connectivity index (χ4v) is 3.68. The van der Waals surface area contributed by atoms with Gasteiger partial charge in [-0.2, -0.15) is 17.0 Å². The van der Waals surface area contributed by atoms with Crippen molar-refractivity contribution in [1.82, 2.24) is 8.61 Å². The smallest absolute Gasteiger partial charge is 0.307 e. The van der Waals surface area contributed by atoms with Gasteiger partial charge in [0.05, 0.1) is 5.92 Å². The number of carboxylic acids is 1. The van der Waals surface area contributed by atoms with Crippen LogP contribution < -0.4 is 0 Å². The minimum Gasteiger partial charge on any atom is -0.481 e. The molecule has 0 aromatic heterocycles. The van der Waals surface area contributed by atoms with E-state index >= 15 is 0 Å². The largest absolute Gasteiger partial charge is 0.481 e. The highest BCUT2D eigenvalue weighted by Gasteiger charge is 2.35. The molecule has 0 saturated carbocycles. The van der Waals surface area contributed by atoms with Crippen LogP contribution in [-0.4, -0.2) is 54.3 Å². The summed E-state index contributed by atoms with van der Waals surface area (Å²) in [5.41, 5.74) is 0. The number of rotatable bonds is 5. The van der Waals surface area contributed by atoms with Crippen molar-refractivity contribution in [1.29, 1.82) is 0 Å². The van der Waals surface area contributed by atoms with Gasteiger partial charge < -0.3 is 5.11 Å². The molecule has 1 fully saturated rings. The lowest BCUT2D eigenvalue weighted by Crippen LogP contribution is -2.45. The van der Waals surface area contributed by atoms with Crippen molar-refractivity contribution in [2.75, 3.05) is 20.1 Å². The molecule has 1 saturated heterocycles. The maximum Gasteiger partial charge on any atom is 0.307 e. The van der Waals surface area contributed by atoms with E-state index in [0.29, 0.717) is 6.54 Å². The Morgan fingerprint density at radius 3 is 2.59 bits per heavy atom. The van der Waals surface area contributed by atoms with E-state index in [4.69, 9.17) is 5.11 Å². The van der Waals surface area contributed by atoms with Crippen molar-refractivity contribution in [3.63, 3.8) is 0 Å². The van der Waals surface area contributed by atoms with Gasteiger partial charge in [-0.1, -0.05) is 6.92 Å². The van der Waals surface area contributed by atoms with Gasteiger partial charge in [-0.05, 0) is 19.8 Å². The van der Waals surface area contributed by atoms with Crippen LogP contribution in [0.3, 0.4) is 0 Å². The van der Waals surface area contributed by atoms with Crippen LogP contribution in [0.4, 0.5) is 0 Å². The van der Waals surface area contributed by atoms with E-state index in [-0.39, 0.29) is 12.6 Å². The summed E-state index contributed by atoms with van der Waals surface area (Å²) in [6.07, 6.45) is 1.73. The van der Waals surface area contributed by atoms with Gasteiger partial charge in [-0.15, -0.1) is 0 Å². The Hall–Kier alpha value is -0.660. The summed E-state index contributed by atoms with van der Waals surface area (Å²) in [7, 11) is -2.08. The number of carbonyl (C=O) groups is 1. The minimum absolute atomic E-state index is 0.000880. The van der Waals surface area contributed by atoms with E-state index < -0.39 is 22.1 Å². The van der Waals surface area contributed by atoms with Gasteiger partial charge in [-0.3, -0.25) is 4.79 Å². The topological polar surface area (TPSA) is 77.9 Å². The third kappa shape index (κ3) is 3.17. The van der Waals surface area contributed by atoms with Crippen LogP contribution in [-0.2, 0) is 15.0 Å². The molecule has 1 aliphatic heterocycles. The molecule has 0 aromatic carbocycles. The van der Waals surface area contributed by atoms with Crippen LogP contribution in [0.1, 0.15) is 26.7 Å². The second-order valence-electron chi connectivity index (χ2n) is 4.63. The molecule has 1 heterocycles. The van der Waals surface area contributed by atoms with Crippen LogP contribution in [0.15, 0.2) is 0 Å². The molecule has 6 nitrogen and oxygen atoms in total. The van der Waals surface area contributed by atoms with Crippen LogP contribution >= 0.6 is 0 Å². The monoisotopic (exact) mass is 264 g/mol. The number of hydrogen-bond acceptors (Lipinski definition) is 3. The fourth-order valence-electron chi connectivity index (χ4n) is 1.99. The summed E-state index contributed by atoms with van der Waals surface area (Å²) >= 11 is 0. The molecule has 1 N–H and O–H groups in total. The second-order valence-corrected chi connectivity index (χ2v) is 6.62. The van der Waals surface area contributed by atoms with Gasteiger partial charge in [0.1, 0.15) is 0 Å². The van der Waals surface area contributed by atoms with E-state index in [1.54, 1.807) is 0 Å². The molecule has 0 radical (unpaired) electrons. The van der Waals surface area contributed by atoms with Gasteiger partial charge in [0.25, 0.3) is 10.2 Å². The summed E-state index contributed by atoms with van der Waals surface area (Å²) in [4.78, 5) is 10.7. The molecular formula is C10H20N2O4S. The van der Waals surface area contributed by atoms with E-state index in [0.717, 1.165) is 17.1 Å². The highest BCUT2D eigenvalue weighted by molar-refractivity contribution is 7.86. The van der Waals surface area contributed by atoms with Crippen molar-refractivity contribution in [3.05, 3.63) is 0 Å². The third-order valence-corrected chi connectivity index (χ3v) is 5.21. The lowest BCUT2D eigenvalue weighted by atomic mass is 10.2. The SMILES string of the molecule is CC(CN(C)S(=O)(=O)N1CCCC1C)C(=O)O. The van der Waals surface area contributed by atoms with Crippen LogP contribution in [0.25, 0.3) is 0 Å². The molecule has 2 atom stereocenters. The Balaban J connectivity index is 2.73. The third-order valence-electron chi connectivity index (χ3n) is 3.13.